The number of nitrogens with zero attached hydrogens (tertiary/aromatic N) is 4. The molecule has 0 bridgehead atoms. The summed E-state index contributed by atoms with van der Waals surface area (Å²) in [5.41, 5.74) is 3.88. The van der Waals surface area contributed by atoms with Crippen molar-refractivity contribution in [3.05, 3.63) is 63.1 Å². The quantitative estimate of drug-likeness (QED) is 0.582. The SMILES string of the molecule is CCc1nc2c(F)cc(CN3CCN(c4ccc(C(=O)NC5CC5)nc4C)CC3)cc2[nH]c1=O. The summed E-state index contributed by atoms with van der Waals surface area (Å²) in [7, 11) is 0. The maximum Gasteiger partial charge on any atom is 0.270 e. The molecular formula is C25H29FN6O2. The molecule has 1 aromatic carbocycles. The summed E-state index contributed by atoms with van der Waals surface area (Å²) in [6.45, 7) is 7.60. The summed E-state index contributed by atoms with van der Waals surface area (Å²) < 4.78 is 14.7. The van der Waals surface area contributed by atoms with Gasteiger partial charge in [0, 0.05) is 38.8 Å². The molecule has 1 aliphatic heterocycles. The maximum atomic E-state index is 14.7. The normalized spacial score (nSPS) is 16.7. The van der Waals surface area contributed by atoms with Gasteiger partial charge in [-0.1, -0.05) is 6.92 Å². The first-order valence-electron chi connectivity index (χ1n) is 11.9. The second-order valence-corrected chi connectivity index (χ2v) is 9.15. The van der Waals surface area contributed by atoms with Crippen LogP contribution in [0.2, 0.25) is 0 Å². The number of piperazine rings is 1. The van der Waals surface area contributed by atoms with Crippen LogP contribution in [0.3, 0.4) is 0 Å². The van der Waals surface area contributed by atoms with E-state index in [0.29, 0.717) is 35.9 Å². The third-order valence-electron chi connectivity index (χ3n) is 6.54. The minimum atomic E-state index is -0.412. The van der Waals surface area contributed by atoms with Crippen LogP contribution in [0, 0.1) is 12.7 Å². The molecule has 2 aliphatic rings. The van der Waals surface area contributed by atoms with Crippen molar-refractivity contribution >= 4 is 22.6 Å². The highest BCUT2D eigenvalue weighted by atomic mass is 19.1. The van der Waals surface area contributed by atoms with E-state index in [1.807, 2.05) is 26.0 Å². The molecule has 8 nitrogen and oxygen atoms in total. The van der Waals surface area contributed by atoms with Crippen LogP contribution in [0.4, 0.5) is 10.1 Å². The van der Waals surface area contributed by atoms with Crippen molar-refractivity contribution in [1.82, 2.24) is 25.2 Å². The maximum absolute atomic E-state index is 14.7. The number of anilines is 1. The third kappa shape index (κ3) is 4.65. The lowest BCUT2D eigenvalue weighted by atomic mass is 10.1. The van der Waals surface area contributed by atoms with E-state index in [2.05, 4.69) is 30.1 Å². The number of nitrogens with one attached hydrogen (secondary N) is 2. The lowest BCUT2D eigenvalue weighted by molar-refractivity contribution is 0.0946. The number of aryl methyl sites for hydroxylation is 2. The van der Waals surface area contributed by atoms with Gasteiger partial charge in [0.05, 0.1) is 16.9 Å². The van der Waals surface area contributed by atoms with Crippen molar-refractivity contribution < 1.29 is 9.18 Å². The zero-order valence-electron chi connectivity index (χ0n) is 19.5. The topological polar surface area (TPSA) is 94.2 Å². The Kier molecular flexibility index (Phi) is 6.03. The Bertz CT molecular complexity index is 1290. The van der Waals surface area contributed by atoms with Gasteiger partial charge in [0.25, 0.3) is 11.5 Å². The summed E-state index contributed by atoms with van der Waals surface area (Å²) in [4.78, 5) is 40.4. The lowest BCUT2D eigenvalue weighted by Crippen LogP contribution is -2.46. The first-order chi connectivity index (χ1) is 16.4. The first kappa shape index (κ1) is 22.5. The molecule has 9 heteroatoms. The monoisotopic (exact) mass is 464 g/mol. The molecule has 1 saturated carbocycles. The summed E-state index contributed by atoms with van der Waals surface area (Å²) >= 11 is 0. The summed E-state index contributed by atoms with van der Waals surface area (Å²) in [5, 5.41) is 2.98. The summed E-state index contributed by atoms with van der Waals surface area (Å²) in [5.74, 6) is -0.517. The number of amides is 1. The molecule has 178 valence electrons. The number of fused-ring (bicyclic) bond motifs is 1. The van der Waals surface area contributed by atoms with E-state index in [4.69, 9.17) is 0 Å². The van der Waals surface area contributed by atoms with Crippen LogP contribution in [0.25, 0.3) is 11.0 Å². The van der Waals surface area contributed by atoms with Crippen LogP contribution in [-0.2, 0) is 13.0 Å². The van der Waals surface area contributed by atoms with Crippen LogP contribution in [0.15, 0.2) is 29.1 Å². The molecule has 2 N–H and O–H groups in total. The first-order valence-corrected chi connectivity index (χ1v) is 11.9. The van der Waals surface area contributed by atoms with Gasteiger partial charge in [0.1, 0.15) is 16.9 Å². The average Bonchev–Trinajstić information content (AvgIpc) is 3.63. The van der Waals surface area contributed by atoms with E-state index in [1.165, 1.54) is 6.07 Å². The number of benzene rings is 1. The molecule has 0 unspecified atom stereocenters. The zero-order valence-corrected chi connectivity index (χ0v) is 19.5. The number of halogens is 1. The number of H-pyrrole nitrogens is 1. The van der Waals surface area contributed by atoms with E-state index < -0.39 is 5.82 Å². The van der Waals surface area contributed by atoms with E-state index in [1.54, 1.807) is 6.07 Å². The molecule has 2 aromatic heterocycles. The van der Waals surface area contributed by atoms with Crippen LogP contribution in [0.5, 0.6) is 0 Å². The minimum Gasteiger partial charge on any atom is -0.368 e. The van der Waals surface area contributed by atoms with E-state index >= 15 is 0 Å². The van der Waals surface area contributed by atoms with Gasteiger partial charge in [-0.25, -0.2) is 14.4 Å². The van der Waals surface area contributed by atoms with Gasteiger partial charge in [-0.3, -0.25) is 14.5 Å². The number of aromatic amines is 1. The molecule has 3 aromatic rings. The van der Waals surface area contributed by atoms with E-state index in [-0.39, 0.29) is 17.0 Å². The van der Waals surface area contributed by atoms with Gasteiger partial charge in [-0.2, -0.15) is 0 Å². The molecular weight excluding hydrogens is 435 g/mol. The second-order valence-electron chi connectivity index (χ2n) is 9.15. The molecule has 0 radical (unpaired) electrons. The van der Waals surface area contributed by atoms with Crippen LogP contribution in [0.1, 0.15) is 47.2 Å². The Hall–Kier alpha value is -3.33. The fraction of sp³-hybridized carbons (Fsp3) is 0.440. The Balaban J connectivity index is 1.23. The molecule has 0 atom stereocenters. The van der Waals surface area contributed by atoms with Crippen LogP contribution in [-0.4, -0.2) is 58.0 Å². The van der Waals surface area contributed by atoms with E-state index in [0.717, 1.165) is 56.0 Å². The van der Waals surface area contributed by atoms with Crippen molar-refractivity contribution in [3.63, 3.8) is 0 Å². The minimum absolute atomic E-state index is 0.105. The smallest absolute Gasteiger partial charge is 0.270 e. The van der Waals surface area contributed by atoms with Crippen molar-refractivity contribution in [2.75, 3.05) is 31.1 Å². The highest BCUT2D eigenvalue weighted by Crippen LogP contribution is 2.23. The van der Waals surface area contributed by atoms with Crippen molar-refractivity contribution in [2.45, 2.75) is 45.7 Å². The summed E-state index contributed by atoms with van der Waals surface area (Å²) in [6.07, 6.45) is 2.56. The Morgan fingerprint density at radius 3 is 2.62 bits per heavy atom. The Morgan fingerprint density at radius 2 is 1.94 bits per heavy atom. The number of aromatic nitrogens is 3. The fourth-order valence-electron chi connectivity index (χ4n) is 4.48. The van der Waals surface area contributed by atoms with Gasteiger partial charge < -0.3 is 15.2 Å². The van der Waals surface area contributed by atoms with Gasteiger partial charge in [-0.15, -0.1) is 0 Å². The standard InChI is InChI=1S/C25H29FN6O2/c1-3-19-24(33)30-21-13-16(12-18(26)23(21)29-19)14-31-8-10-32(11-9-31)22-7-6-20(27-15(22)2)25(34)28-17-4-5-17/h6-7,12-13,17H,3-5,8-11,14H2,1-2H3,(H,28,34)(H,30,33). The molecule has 2 fully saturated rings. The molecule has 1 aliphatic carbocycles. The Labute approximate surface area is 197 Å². The number of carbonyl (C=O) groups is 1. The van der Waals surface area contributed by atoms with Crippen molar-refractivity contribution in [3.8, 4) is 0 Å². The van der Waals surface area contributed by atoms with Gasteiger partial charge in [0.2, 0.25) is 0 Å². The second kappa shape index (κ2) is 9.13. The molecule has 5 rings (SSSR count). The Morgan fingerprint density at radius 1 is 1.18 bits per heavy atom. The molecule has 0 spiro atoms. The molecule has 1 saturated heterocycles. The van der Waals surface area contributed by atoms with Gasteiger partial charge in [-0.05, 0) is 56.0 Å². The van der Waals surface area contributed by atoms with Crippen molar-refractivity contribution in [2.24, 2.45) is 0 Å². The van der Waals surface area contributed by atoms with Crippen molar-refractivity contribution in [1.29, 1.82) is 0 Å². The molecule has 3 heterocycles. The number of hydrogen-bond donors (Lipinski definition) is 2. The predicted molar refractivity (Wildman–Crippen MR) is 129 cm³/mol. The highest BCUT2D eigenvalue weighted by Gasteiger charge is 2.25. The van der Waals surface area contributed by atoms with Crippen LogP contribution < -0.4 is 15.8 Å². The summed E-state index contributed by atoms with van der Waals surface area (Å²) in [6, 6.07) is 7.41. The van der Waals surface area contributed by atoms with E-state index in [9.17, 15) is 14.0 Å². The number of pyridine rings is 1. The molecule has 1 amide bonds. The highest BCUT2D eigenvalue weighted by molar-refractivity contribution is 5.93. The average molecular weight is 465 g/mol. The largest absolute Gasteiger partial charge is 0.368 e. The molecule has 34 heavy (non-hydrogen) atoms. The number of hydrogen-bond acceptors (Lipinski definition) is 6. The van der Waals surface area contributed by atoms with Crippen LogP contribution >= 0.6 is 0 Å². The van der Waals surface area contributed by atoms with Gasteiger partial charge >= 0.3 is 0 Å². The third-order valence-corrected chi connectivity index (χ3v) is 6.54. The lowest BCUT2D eigenvalue weighted by Gasteiger charge is -2.36. The number of rotatable bonds is 6. The number of carbonyl (C=O) groups excluding carboxylic acids is 1. The predicted octanol–water partition coefficient (Wildman–Crippen LogP) is 2.54. The zero-order chi connectivity index (χ0) is 23.8. The van der Waals surface area contributed by atoms with Gasteiger partial charge in [0.15, 0.2) is 5.82 Å². The fourth-order valence-corrected chi connectivity index (χ4v) is 4.48.